The van der Waals surface area contributed by atoms with Crippen LogP contribution < -0.4 is 17.1 Å². The van der Waals surface area contributed by atoms with E-state index in [4.69, 9.17) is 0 Å². The van der Waals surface area contributed by atoms with Crippen LogP contribution in [0.25, 0.3) is 10.8 Å². The largest absolute Gasteiger partial charge is 1.00 e. The van der Waals surface area contributed by atoms with E-state index in [-0.39, 0.29) is 12.4 Å². The van der Waals surface area contributed by atoms with Crippen molar-refractivity contribution in [1.29, 1.82) is 0 Å². The molecule has 0 unspecified atom stereocenters. The van der Waals surface area contributed by atoms with Gasteiger partial charge in [0, 0.05) is 17.2 Å². The molecule has 0 atom stereocenters. The lowest BCUT2D eigenvalue weighted by atomic mass is 10.2. The zero-order valence-corrected chi connectivity index (χ0v) is 9.61. The van der Waals surface area contributed by atoms with Crippen LogP contribution >= 0.6 is 0 Å². The number of hydrogen-bond acceptors (Lipinski definition) is 1. The maximum Gasteiger partial charge on any atom is 0.204 e. The predicted molar refractivity (Wildman–Crippen MR) is 56.8 cm³/mol. The van der Waals surface area contributed by atoms with Crippen molar-refractivity contribution < 1.29 is 17.1 Å². The molecule has 0 spiro atoms. The molecule has 1 heterocycles. The molecule has 2 rings (SSSR count). The maximum absolute atomic E-state index is 4.36. The van der Waals surface area contributed by atoms with E-state index in [9.17, 15) is 0 Å². The average molecular weight is 223 g/mol. The molecule has 0 saturated heterocycles. The summed E-state index contributed by atoms with van der Waals surface area (Å²) in [6.45, 7) is 3.21. The molecule has 0 aliphatic rings. The van der Waals surface area contributed by atoms with Crippen LogP contribution in [0.1, 0.15) is 19.8 Å². The predicted octanol–water partition coefficient (Wildman–Crippen LogP) is -0.674. The van der Waals surface area contributed by atoms with E-state index in [0.717, 1.165) is 6.54 Å². The number of benzene rings is 1. The fourth-order valence-electron chi connectivity index (χ4n) is 1.52. The molecule has 15 heavy (non-hydrogen) atoms. The number of halogens is 1. The highest BCUT2D eigenvalue weighted by Gasteiger charge is 2.02. The van der Waals surface area contributed by atoms with E-state index < -0.39 is 0 Å². The lowest BCUT2D eigenvalue weighted by Gasteiger charge is -1.95. The summed E-state index contributed by atoms with van der Waals surface area (Å²) < 4.78 is 2.02. The third-order valence-electron chi connectivity index (χ3n) is 2.37. The van der Waals surface area contributed by atoms with Gasteiger partial charge in [0.2, 0.25) is 6.20 Å². The Morgan fingerprint density at radius 1 is 1.20 bits per heavy atom. The Morgan fingerprint density at radius 2 is 1.93 bits per heavy atom. The first-order chi connectivity index (χ1) is 6.90. The Hall–Kier alpha value is -1.15. The van der Waals surface area contributed by atoms with E-state index in [1.54, 1.807) is 0 Å². The van der Waals surface area contributed by atoms with Gasteiger partial charge in [0.25, 0.3) is 0 Å². The quantitative estimate of drug-likeness (QED) is 0.630. The highest BCUT2D eigenvalue weighted by atomic mass is 35.5. The molecule has 0 aliphatic carbocycles. The Labute approximate surface area is 96.3 Å². The van der Waals surface area contributed by atoms with Crippen LogP contribution in [0.4, 0.5) is 0 Å². The Morgan fingerprint density at radius 3 is 2.67 bits per heavy atom. The van der Waals surface area contributed by atoms with E-state index in [0.29, 0.717) is 0 Å². The second kappa shape index (κ2) is 5.66. The van der Waals surface area contributed by atoms with Gasteiger partial charge in [-0.2, -0.15) is 0 Å². The monoisotopic (exact) mass is 222 g/mol. The van der Waals surface area contributed by atoms with Gasteiger partial charge in [-0.25, -0.2) is 0 Å². The summed E-state index contributed by atoms with van der Waals surface area (Å²) in [4.78, 5) is 0. The SMILES string of the molecule is CCCC[n+]1cc2ccccc2cn1.[Cl-]. The fourth-order valence-corrected chi connectivity index (χ4v) is 1.52. The van der Waals surface area contributed by atoms with Gasteiger partial charge in [-0.05, 0) is 11.2 Å². The van der Waals surface area contributed by atoms with E-state index >= 15 is 0 Å². The Balaban J connectivity index is 0.00000112. The van der Waals surface area contributed by atoms with Crippen molar-refractivity contribution >= 4 is 10.8 Å². The summed E-state index contributed by atoms with van der Waals surface area (Å²) in [7, 11) is 0. The molecule has 0 saturated carbocycles. The minimum atomic E-state index is 0. The summed E-state index contributed by atoms with van der Waals surface area (Å²) in [5.74, 6) is 0. The standard InChI is InChI=1S/C12H15N2.ClH/c1-2-3-8-14-10-12-7-5-4-6-11(12)9-13-14;/h4-7,9-10H,2-3,8H2,1H3;1H/q+1;/p-1. The van der Waals surface area contributed by atoms with Crippen LogP contribution in [0.15, 0.2) is 36.7 Å². The van der Waals surface area contributed by atoms with Crippen LogP contribution in [0, 0.1) is 0 Å². The Kier molecular flexibility index (Phi) is 4.50. The summed E-state index contributed by atoms with van der Waals surface area (Å²) in [5.41, 5.74) is 0. The smallest absolute Gasteiger partial charge is 0.204 e. The molecular formula is C12H15ClN2. The van der Waals surface area contributed by atoms with E-state index in [1.165, 1.54) is 23.6 Å². The second-order valence-corrected chi connectivity index (χ2v) is 3.52. The summed E-state index contributed by atoms with van der Waals surface area (Å²) >= 11 is 0. The van der Waals surface area contributed by atoms with Gasteiger partial charge in [-0.3, -0.25) is 0 Å². The van der Waals surface area contributed by atoms with E-state index in [1.807, 2.05) is 16.9 Å². The zero-order chi connectivity index (χ0) is 9.80. The van der Waals surface area contributed by atoms with Crippen LogP contribution in [0.3, 0.4) is 0 Å². The van der Waals surface area contributed by atoms with Crippen LogP contribution in [-0.4, -0.2) is 5.10 Å². The van der Waals surface area contributed by atoms with Crippen molar-refractivity contribution in [3.8, 4) is 0 Å². The number of nitrogens with zero attached hydrogens (tertiary/aromatic N) is 2. The molecular weight excluding hydrogens is 208 g/mol. The molecule has 80 valence electrons. The van der Waals surface area contributed by atoms with Crippen molar-refractivity contribution in [3.63, 3.8) is 0 Å². The number of aryl methyl sites for hydroxylation is 1. The lowest BCUT2D eigenvalue weighted by Crippen LogP contribution is -3.00. The van der Waals surface area contributed by atoms with Crippen LogP contribution in [-0.2, 0) is 6.54 Å². The van der Waals surface area contributed by atoms with Gasteiger partial charge in [0.05, 0.1) is 0 Å². The first kappa shape index (κ1) is 11.9. The van der Waals surface area contributed by atoms with Crippen LogP contribution in [0.5, 0.6) is 0 Å². The van der Waals surface area contributed by atoms with Gasteiger partial charge in [-0.1, -0.05) is 36.2 Å². The molecule has 2 nitrogen and oxygen atoms in total. The normalized spacial score (nSPS) is 9.93. The maximum atomic E-state index is 4.36. The van der Waals surface area contributed by atoms with Crippen molar-refractivity contribution in [1.82, 2.24) is 5.10 Å². The summed E-state index contributed by atoms with van der Waals surface area (Å²) in [5, 5.41) is 6.83. The summed E-state index contributed by atoms with van der Waals surface area (Å²) in [6.07, 6.45) is 6.45. The molecule has 0 aliphatic heterocycles. The van der Waals surface area contributed by atoms with Gasteiger partial charge in [-0.15, -0.1) is 0 Å². The van der Waals surface area contributed by atoms with Gasteiger partial charge in [0.15, 0.2) is 6.54 Å². The number of fused-ring (bicyclic) bond motifs is 1. The van der Waals surface area contributed by atoms with Gasteiger partial charge in [0.1, 0.15) is 6.20 Å². The molecule has 0 amide bonds. The zero-order valence-electron chi connectivity index (χ0n) is 8.86. The van der Waals surface area contributed by atoms with Crippen molar-refractivity contribution in [3.05, 3.63) is 36.7 Å². The molecule has 1 aromatic carbocycles. The molecule has 2 aromatic rings. The first-order valence-corrected chi connectivity index (χ1v) is 5.14. The third-order valence-corrected chi connectivity index (χ3v) is 2.37. The molecule has 0 radical (unpaired) electrons. The van der Waals surface area contributed by atoms with Gasteiger partial charge >= 0.3 is 0 Å². The Bertz CT molecular complexity index is 429. The lowest BCUT2D eigenvalue weighted by molar-refractivity contribution is -0.752. The minimum absolute atomic E-state index is 0. The average Bonchev–Trinajstić information content (AvgIpc) is 2.26. The first-order valence-electron chi connectivity index (χ1n) is 5.14. The number of aromatic nitrogens is 2. The number of rotatable bonds is 3. The summed E-state index contributed by atoms with van der Waals surface area (Å²) in [6, 6.07) is 8.32. The number of unbranched alkanes of at least 4 members (excludes halogenated alkanes) is 1. The third kappa shape index (κ3) is 2.90. The minimum Gasteiger partial charge on any atom is -1.00 e. The molecule has 0 fully saturated rings. The highest BCUT2D eigenvalue weighted by molar-refractivity contribution is 5.79. The molecule has 0 bridgehead atoms. The molecule has 3 heteroatoms. The van der Waals surface area contributed by atoms with Crippen molar-refractivity contribution in [2.45, 2.75) is 26.3 Å². The van der Waals surface area contributed by atoms with Crippen LogP contribution in [0.2, 0.25) is 0 Å². The van der Waals surface area contributed by atoms with E-state index in [2.05, 4.69) is 36.4 Å². The number of hydrogen-bond donors (Lipinski definition) is 0. The topological polar surface area (TPSA) is 16.8 Å². The second-order valence-electron chi connectivity index (χ2n) is 3.52. The molecule has 0 N–H and O–H groups in total. The highest BCUT2D eigenvalue weighted by Crippen LogP contribution is 2.08. The van der Waals surface area contributed by atoms with Crippen molar-refractivity contribution in [2.75, 3.05) is 0 Å². The van der Waals surface area contributed by atoms with Gasteiger partial charge < -0.3 is 12.4 Å². The molecule has 1 aromatic heterocycles. The fraction of sp³-hybridized carbons (Fsp3) is 0.333. The van der Waals surface area contributed by atoms with Crippen molar-refractivity contribution in [2.24, 2.45) is 0 Å².